The van der Waals surface area contributed by atoms with Gasteiger partial charge in [0.2, 0.25) is 5.06 Å². The molecule has 1 saturated heterocycles. The molecule has 5 rings (SSSR count). The average molecular weight is 515 g/mol. The van der Waals surface area contributed by atoms with E-state index in [0.29, 0.717) is 12.1 Å². The minimum Gasteiger partial charge on any atom is -0.444 e. The van der Waals surface area contributed by atoms with Gasteiger partial charge in [-0.2, -0.15) is 0 Å². The van der Waals surface area contributed by atoms with Crippen LogP contribution in [0.1, 0.15) is 28.7 Å². The number of carbonyl (C=O) groups excluding carboxylic acids is 1. The zero-order valence-corrected chi connectivity index (χ0v) is 21.6. The maximum atomic E-state index is 12.2. The first-order valence-corrected chi connectivity index (χ1v) is 13.4. The van der Waals surface area contributed by atoms with Crippen LogP contribution >= 0.6 is 11.3 Å². The second-order valence-electron chi connectivity index (χ2n) is 8.87. The van der Waals surface area contributed by atoms with E-state index in [1.165, 1.54) is 0 Å². The third-order valence-electron chi connectivity index (χ3n) is 6.19. The number of aromatic nitrogens is 3. The summed E-state index contributed by atoms with van der Waals surface area (Å²) < 4.78 is 6.31. The van der Waals surface area contributed by atoms with E-state index < -0.39 is 0 Å². The van der Waals surface area contributed by atoms with Gasteiger partial charge in [0.05, 0.1) is 10.6 Å². The molecule has 0 bridgehead atoms. The van der Waals surface area contributed by atoms with Gasteiger partial charge in [-0.25, -0.2) is 9.97 Å². The molecule has 3 aromatic heterocycles. The van der Waals surface area contributed by atoms with E-state index in [1.807, 2.05) is 30.3 Å². The number of amides is 1. The maximum absolute atomic E-state index is 12.2. The van der Waals surface area contributed by atoms with Crippen LogP contribution in [-0.4, -0.2) is 58.0 Å². The predicted octanol–water partition coefficient (Wildman–Crippen LogP) is 4.87. The van der Waals surface area contributed by atoms with Crippen LogP contribution in [0.5, 0.6) is 10.8 Å². The van der Waals surface area contributed by atoms with Crippen LogP contribution in [0.15, 0.2) is 73.2 Å². The molecule has 190 valence electrons. The Hall–Kier alpha value is -3.82. The molecule has 9 heteroatoms. The SMILES string of the molecule is CCc1nc(-c2ccccc2)c(Oc2ccnc(NC3CCN(CCNC(=O)c4cccnc4)C3)c2)s1. The summed E-state index contributed by atoms with van der Waals surface area (Å²) in [6.07, 6.45) is 6.88. The van der Waals surface area contributed by atoms with Gasteiger partial charge in [-0.1, -0.05) is 48.6 Å². The molecule has 4 heterocycles. The number of anilines is 1. The Bertz CT molecular complexity index is 1310. The zero-order valence-electron chi connectivity index (χ0n) is 20.8. The predicted molar refractivity (Wildman–Crippen MR) is 146 cm³/mol. The number of thiazole rings is 1. The van der Waals surface area contributed by atoms with Crippen LogP contribution in [-0.2, 0) is 6.42 Å². The molecule has 0 aliphatic carbocycles. The van der Waals surface area contributed by atoms with Gasteiger partial charge in [-0.3, -0.25) is 14.7 Å². The molecule has 8 nitrogen and oxygen atoms in total. The number of ether oxygens (including phenoxy) is 1. The highest BCUT2D eigenvalue weighted by atomic mass is 32.1. The smallest absolute Gasteiger partial charge is 0.252 e. The maximum Gasteiger partial charge on any atom is 0.252 e. The highest BCUT2D eigenvalue weighted by molar-refractivity contribution is 7.14. The van der Waals surface area contributed by atoms with E-state index in [0.717, 1.165) is 65.4 Å². The Labute approximate surface area is 220 Å². The van der Waals surface area contributed by atoms with Crippen LogP contribution < -0.4 is 15.4 Å². The molecule has 1 amide bonds. The molecule has 1 aliphatic heterocycles. The van der Waals surface area contributed by atoms with Gasteiger partial charge < -0.3 is 15.4 Å². The Morgan fingerprint density at radius 3 is 2.86 bits per heavy atom. The van der Waals surface area contributed by atoms with E-state index in [-0.39, 0.29) is 11.9 Å². The Kier molecular flexibility index (Phi) is 8.02. The first kappa shape index (κ1) is 24.9. The lowest BCUT2D eigenvalue weighted by atomic mass is 10.2. The molecule has 1 aromatic carbocycles. The average Bonchev–Trinajstić information content (AvgIpc) is 3.56. The second kappa shape index (κ2) is 11.9. The molecule has 4 aromatic rings. The van der Waals surface area contributed by atoms with Gasteiger partial charge in [0, 0.05) is 62.4 Å². The van der Waals surface area contributed by atoms with Crippen molar-refractivity contribution in [2.45, 2.75) is 25.8 Å². The normalized spacial score (nSPS) is 15.4. The summed E-state index contributed by atoms with van der Waals surface area (Å²) in [6, 6.07) is 17.8. The fraction of sp³-hybridized carbons (Fsp3) is 0.286. The summed E-state index contributed by atoms with van der Waals surface area (Å²) in [7, 11) is 0. The molecule has 37 heavy (non-hydrogen) atoms. The Morgan fingerprint density at radius 1 is 1.16 bits per heavy atom. The van der Waals surface area contributed by atoms with E-state index >= 15 is 0 Å². The largest absolute Gasteiger partial charge is 0.444 e. The molecule has 0 spiro atoms. The van der Waals surface area contributed by atoms with Crippen LogP contribution in [0.3, 0.4) is 0 Å². The molecule has 2 N–H and O–H groups in total. The molecule has 1 fully saturated rings. The van der Waals surface area contributed by atoms with Gasteiger partial charge in [-0.15, -0.1) is 0 Å². The van der Waals surface area contributed by atoms with Gasteiger partial charge in [-0.05, 0) is 31.0 Å². The topological polar surface area (TPSA) is 92.3 Å². The van der Waals surface area contributed by atoms with Crippen molar-refractivity contribution in [3.63, 3.8) is 0 Å². The summed E-state index contributed by atoms with van der Waals surface area (Å²) in [6.45, 7) is 5.36. The van der Waals surface area contributed by atoms with Crippen LogP contribution in [0.4, 0.5) is 5.82 Å². The highest BCUT2D eigenvalue weighted by Gasteiger charge is 2.23. The fourth-order valence-electron chi connectivity index (χ4n) is 4.30. The summed E-state index contributed by atoms with van der Waals surface area (Å²) in [4.78, 5) is 27.8. The molecule has 0 saturated carbocycles. The van der Waals surface area contributed by atoms with E-state index in [2.05, 4.69) is 44.6 Å². The number of hydrogen-bond donors (Lipinski definition) is 2. The first-order chi connectivity index (χ1) is 18.2. The van der Waals surface area contributed by atoms with Crippen molar-refractivity contribution in [1.82, 2.24) is 25.2 Å². The van der Waals surface area contributed by atoms with Crippen LogP contribution in [0.25, 0.3) is 11.3 Å². The van der Waals surface area contributed by atoms with Crippen LogP contribution in [0.2, 0.25) is 0 Å². The minimum atomic E-state index is -0.0922. The summed E-state index contributed by atoms with van der Waals surface area (Å²) in [5.74, 6) is 1.43. The number of nitrogens with one attached hydrogen (secondary N) is 2. The standard InChI is InChI=1S/C28H30N6O2S/c1-2-25-33-26(20-7-4-3-5-8-20)28(37-25)36-23-10-13-30-24(17-23)32-22-11-15-34(19-22)16-14-31-27(35)21-9-6-12-29-18-21/h3-10,12-13,17-18,22H,2,11,14-16,19H2,1H3,(H,30,32)(H,31,35). The van der Waals surface area contributed by atoms with Crippen LogP contribution in [0, 0.1) is 0 Å². The van der Waals surface area contributed by atoms with E-state index in [1.54, 1.807) is 42.1 Å². The lowest BCUT2D eigenvalue weighted by Gasteiger charge is -2.17. The van der Waals surface area contributed by atoms with E-state index in [4.69, 9.17) is 9.72 Å². The second-order valence-corrected chi connectivity index (χ2v) is 9.92. The molecule has 0 radical (unpaired) electrons. The number of benzene rings is 1. The molecular formula is C28H30N6O2S. The number of nitrogens with zero attached hydrogens (tertiary/aromatic N) is 4. The van der Waals surface area contributed by atoms with E-state index in [9.17, 15) is 4.79 Å². The third-order valence-corrected chi connectivity index (χ3v) is 7.27. The molecule has 1 aliphatic rings. The number of hydrogen-bond acceptors (Lipinski definition) is 8. The number of rotatable bonds is 10. The number of aryl methyl sites for hydroxylation is 1. The molecule has 1 unspecified atom stereocenters. The van der Waals surface area contributed by atoms with Crippen molar-refractivity contribution in [3.8, 4) is 22.1 Å². The van der Waals surface area contributed by atoms with Crippen molar-refractivity contribution < 1.29 is 9.53 Å². The fourth-order valence-corrected chi connectivity index (χ4v) is 5.19. The van der Waals surface area contributed by atoms with Gasteiger partial charge in [0.25, 0.3) is 5.91 Å². The molecular weight excluding hydrogens is 484 g/mol. The lowest BCUT2D eigenvalue weighted by Crippen LogP contribution is -2.35. The number of likely N-dealkylation sites (tertiary alicyclic amines) is 1. The molecule has 1 atom stereocenters. The van der Waals surface area contributed by atoms with Crippen molar-refractivity contribution in [3.05, 3.63) is 83.8 Å². The zero-order chi connectivity index (χ0) is 25.5. The van der Waals surface area contributed by atoms with Crippen molar-refractivity contribution in [2.24, 2.45) is 0 Å². The highest BCUT2D eigenvalue weighted by Crippen LogP contribution is 2.38. The summed E-state index contributed by atoms with van der Waals surface area (Å²) >= 11 is 1.58. The monoisotopic (exact) mass is 514 g/mol. The summed E-state index contributed by atoms with van der Waals surface area (Å²) in [5.41, 5.74) is 2.50. The number of pyridine rings is 2. The van der Waals surface area contributed by atoms with Crippen molar-refractivity contribution in [1.29, 1.82) is 0 Å². The minimum absolute atomic E-state index is 0.0922. The van der Waals surface area contributed by atoms with Crippen molar-refractivity contribution in [2.75, 3.05) is 31.5 Å². The lowest BCUT2D eigenvalue weighted by molar-refractivity contribution is 0.0949. The van der Waals surface area contributed by atoms with Gasteiger partial charge in [0.1, 0.15) is 17.3 Å². The number of carbonyl (C=O) groups is 1. The van der Waals surface area contributed by atoms with Gasteiger partial charge in [0.15, 0.2) is 0 Å². The Morgan fingerprint density at radius 2 is 2.05 bits per heavy atom. The summed E-state index contributed by atoms with van der Waals surface area (Å²) in [5, 5.41) is 8.35. The third kappa shape index (κ3) is 6.49. The first-order valence-electron chi connectivity index (χ1n) is 12.5. The van der Waals surface area contributed by atoms with Crippen molar-refractivity contribution >= 4 is 23.1 Å². The quantitative estimate of drug-likeness (QED) is 0.312. The van der Waals surface area contributed by atoms with Gasteiger partial charge >= 0.3 is 0 Å². The Balaban J connectivity index is 1.15.